The molecule has 2 fully saturated rings. The van der Waals surface area contributed by atoms with Crippen molar-refractivity contribution in [1.29, 1.82) is 0 Å². The molecule has 2 aromatic carbocycles. The van der Waals surface area contributed by atoms with Crippen LogP contribution in [0.5, 0.6) is 0 Å². The molecular weight excluding hydrogens is 424 g/mol. The summed E-state index contributed by atoms with van der Waals surface area (Å²) in [7, 11) is 0. The van der Waals surface area contributed by atoms with Crippen LogP contribution in [0.15, 0.2) is 42.5 Å². The summed E-state index contributed by atoms with van der Waals surface area (Å²) in [6.07, 6.45) is 1.88. The molecule has 1 atom stereocenters. The second-order valence-corrected chi connectivity index (χ2v) is 8.85. The Kier molecular flexibility index (Phi) is 6.81. The number of piperidine rings is 1. The summed E-state index contributed by atoms with van der Waals surface area (Å²) >= 11 is 12.7. The van der Waals surface area contributed by atoms with Crippen molar-refractivity contribution in [2.45, 2.75) is 19.4 Å². The predicted molar refractivity (Wildman–Crippen MR) is 120 cm³/mol. The highest BCUT2D eigenvalue weighted by Crippen LogP contribution is 2.28. The minimum atomic E-state index is -0.210. The van der Waals surface area contributed by atoms with Gasteiger partial charge in [-0.15, -0.1) is 0 Å². The summed E-state index contributed by atoms with van der Waals surface area (Å²) in [6.45, 7) is 4.86. The molecule has 0 aromatic heterocycles. The highest BCUT2D eigenvalue weighted by atomic mass is 35.5. The van der Waals surface area contributed by atoms with Gasteiger partial charge >= 0.3 is 0 Å². The van der Waals surface area contributed by atoms with Crippen LogP contribution >= 0.6 is 23.2 Å². The van der Waals surface area contributed by atoms with Crippen LogP contribution in [-0.4, -0.2) is 55.0 Å². The van der Waals surface area contributed by atoms with E-state index in [0.29, 0.717) is 55.0 Å². The molecule has 0 saturated carbocycles. The number of halogens is 3. The van der Waals surface area contributed by atoms with Crippen molar-refractivity contribution in [2.24, 2.45) is 5.92 Å². The monoisotopic (exact) mass is 449 g/mol. The Bertz CT molecular complexity index is 882. The number of para-hydroxylation sites is 1. The van der Waals surface area contributed by atoms with Gasteiger partial charge in [0.25, 0.3) is 0 Å². The maximum atomic E-state index is 14.1. The van der Waals surface area contributed by atoms with E-state index in [9.17, 15) is 9.18 Å². The largest absolute Gasteiger partial charge is 0.366 e. The van der Waals surface area contributed by atoms with Crippen LogP contribution in [-0.2, 0) is 11.3 Å². The van der Waals surface area contributed by atoms with Crippen LogP contribution in [0.3, 0.4) is 0 Å². The van der Waals surface area contributed by atoms with Crippen LogP contribution in [0.2, 0.25) is 10.0 Å². The first-order chi connectivity index (χ1) is 14.5. The van der Waals surface area contributed by atoms with E-state index in [-0.39, 0.29) is 17.6 Å². The zero-order valence-electron chi connectivity index (χ0n) is 16.9. The SMILES string of the molecule is O=C([C@H]1CCCN(Cc2c(Cl)cccc2Cl)C1)N1CCN(c2ccccc2F)CC1. The highest BCUT2D eigenvalue weighted by molar-refractivity contribution is 6.35. The standard InChI is InChI=1S/C23H26Cl2FN3O/c24-19-6-3-7-20(25)18(19)16-27-10-4-5-17(15-27)23(30)29-13-11-28(12-14-29)22-9-2-1-8-21(22)26/h1-3,6-9,17H,4-5,10-16H2/t17-/m0/s1. The van der Waals surface area contributed by atoms with Gasteiger partial charge in [0, 0.05) is 54.9 Å². The quantitative estimate of drug-likeness (QED) is 0.676. The number of amides is 1. The van der Waals surface area contributed by atoms with Crippen molar-refractivity contribution < 1.29 is 9.18 Å². The highest BCUT2D eigenvalue weighted by Gasteiger charge is 2.31. The zero-order valence-corrected chi connectivity index (χ0v) is 18.4. The van der Waals surface area contributed by atoms with Crippen molar-refractivity contribution in [3.63, 3.8) is 0 Å². The van der Waals surface area contributed by atoms with E-state index in [2.05, 4.69) is 4.90 Å². The first-order valence-corrected chi connectivity index (χ1v) is 11.2. The van der Waals surface area contributed by atoms with Crippen molar-refractivity contribution >= 4 is 34.8 Å². The van der Waals surface area contributed by atoms with Crippen LogP contribution < -0.4 is 4.90 Å². The number of likely N-dealkylation sites (tertiary alicyclic amines) is 1. The number of carbonyl (C=O) groups is 1. The molecule has 160 valence electrons. The molecule has 0 radical (unpaired) electrons. The molecule has 0 spiro atoms. The van der Waals surface area contributed by atoms with Crippen molar-refractivity contribution in [2.75, 3.05) is 44.2 Å². The second kappa shape index (κ2) is 9.54. The molecule has 2 heterocycles. The minimum Gasteiger partial charge on any atom is -0.366 e. The molecule has 0 aliphatic carbocycles. The van der Waals surface area contributed by atoms with Gasteiger partial charge in [-0.2, -0.15) is 0 Å². The number of hydrogen-bond donors (Lipinski definition) is 0. The Morgan fingerprint density at radius 1 is 0.967 bits per heavy atom. The van der Waals surface area contributed by atoms with E-state index in [1.54, 1.807) is 12.1 Å². The smallest absolute Gasteiger partial charge is 0.227 e. The Morgan fingerprint density at radius 2 is 1.67 bits per heavy atom. The molecule has 2 saturated heterocycles. The molecule has 2 aliphatic heterocycles. The number of hydrogen-bond acceptors (Lipinski definition) is 3. The lowest BCUT2D eigenvalue weighted by Crippen LogP contribution is -2.52. The summed E-state index contributed by atoms with van der Waals surface area (Å²) in [5.74, 6) is -0.0170. The van der Waals surface area contributed by atoms with E-state index in [4.69, 9.17) is 23.2 Å². The number of piperazine rings is 1. The molecular formula is C23H26Cl2FN3O. The minimum absolute atomic E-state index is 0.0139. The third-order valence-corrected chi connectivity index (χ3v) is 6.79. The Balaban J connectivity index is 1.34. The molecule has 2 aliphatic rings. The number of rotatable bonds is 4. The van der Waals surface area contributed by atoms with Gasteiger partial charge in [0.05, 0.1) is 11.6 Å². The Labute approximate surface area is 187 Å². The Hall–Kier alpha value is -1.82. The maximum absolute atomic E-state index is 14.1. The predicted octanol–water partition coefficient (Wildman–Crippen LogP) is 4.69. The van der Waals surface area contributed by atoms with Gasteiger partial charge in [-0.1, -0.05) is 41.4 Å². The van der Waals surface area contributed by atoms with E-state index >= 15 is 0 Å². The molecule has 4 rings (SSSR count). The summed E-state index contributed by atoms with van der Waals surface area (Å²) < 4.78 is 14.1. The molecule has 4 nitrogen and oxygen atoms in total. The molecule has 0 unspecified atom stereocenters. The summed E-state index contributed by atoms with van der Waals surface area (Å²) in [5.41, 5.74) is 1.54. The van der Waals surface area contributed by atoms with Crippen LogP contribution in [0.1, 0.15) is 18.4 Å². The fourth-order valence-corrected chi connectivity index (χ4v) is 4.96. The lowest BCUT2D eigenvalue weighted by atomic mass is 9.95. The number of nitrogens with zero attached hydrogens (tertiary/aromatic N) is 3. The normalized spacial score (nSPS) is 20.4. The number of benzene rings is 2. The molecule has 1 amide bonds. The van der Waals surface area contributed by atoms with E-state index < -0.39 is 0 Å². The third-order valence-electron chi connectivity index (χ3n) is 6.08. The fraction of sp³-hybridized carbons (Fsp3) is 0.435. The second-order valence-electron chi connectivity index (χ2n) is 8.04. The lowest BCUT2D eigenvalue weighted by Gasteiger charge is -2.39. The first kappa shape index (κ1) is 21.4. The van der Waals surface area contributed by atoms with E-state index in [1.807, 2.05) is 34.1 Å². The van der Waals surface area contributed by atoms with Gasteiger partial charge in [0.2, 0.25) is 5.91 Å². The van der Waals surface area contributed by atoms with E-state index in [1.165, 1.54) is 6.07 Å². The van der Waals surface area contributed by atoms with E-state index in [0.717, 1.165) is 24.9 Å². The third kappa shape index (κ3) is 4.74. The maximum Gasteiger partial charge on any atom is 0.227 e. The van der Waals surface area contributed by atoms with Crippen LogP contribution in [0.25, 0.3) is 0 Å². The molecule has 7 heteroatoms. The average Bonchev–Trinajstić information content (AvgIpc) is 2.77. The van der Waals surface area contributed by atoms with Gasteiger partial charge in [0.15, 0.2) is 0 Å². The fourth-order valence-electron chi connectivity index (χ4n) is 4.44. The van der Waals surface area contributed by atoms with Crippen LogP contribution in [0.4, 0.5) is 10.1 Å². The van der Waals surface area contributed by atoms with Gasteiger partial charge < -0.3 is 9.80 Å². The molecule has 2 aromatic rings. The van der Waals surface area contributed by atoms with Crippen LogP contribution in [0, 0.1) is 11.7 Å². The van der Waals surface area contributed by atoms with Crippen molar-refractivity contribution in [3.05, 3.63) is 63.9 Å². The van der Waals surface area contributed by atoms with Gasteiger partial charge in [0.1, 0.15) is 5.82 Å². The number of anilines is 1. The van der Waals surface area contributed by atoms with Gasteiger partial charge in [-0.25, -0.2) is 4.39 Å². The summed E-state index contributed by atoms with van der Waals surface area (Å²) in [5, 5.41) is 1.33. The van der Waals surface area contributed by atoms with Gasteiger partial charge in [-0.3, -0.25) is 9.69 Å². The number of carbonyl (C=O) groups excluding carboxylic acids is 1. The lowest BCUT2D eigenvalue weighted by molar-refractivity contribution is -0.137. The molecule has 0 N–H and O–H groups in total. The topological polar surface area (TPSA) is 26.8 Å². The average molecular weight is 450 g/mol. The zero-order chi connectivity index (χ0) is 21.1. The molecule has 0 bridgehead atoms. The summed E-state index contributed by atoms with van der Waals surface area (Å²) in [4.78, 5) is 19.4. The Morgan fingerprint density at radius 3 is 2.37 bits per heavy atom. The van der Waals surface area contributed by atoms with Gasteiger partial charge in [-0.05, 0) is 43.7 Å². The van der Waals surface area contributed by atoms with Crippen molar-refractivity contribution in [1.82, 2.24) is 9.80 Å². The van der Waals surface area contributed by atoms with Crippen molar-refractivity contribution in [3.8, 4) is 0 Å². The summed E-state index contributed by atoms with van der Waals surface area (Å²) in [6, 6.07) is 12.4. The first-order valence-electron chi connectivity index (χ1n) is 10.5. The molecule has 30 heavy (non-hydrogen) atoms.